The fourth-order valence-corrected chi connectivity index (χ4v) is 2.83. The molecule has 5 nitrogen and oxygen atoms in total. The molecule has 3 aromatic rings. The van der Waals surface area contributed by atoms with Crippen LogP contribution in [0, 0.1) is 17.1 Å². The highest BCUT2D eigenvalue weighted by molar-refractivity contribution is 5.91. The lowest BCUT2D eigenvalue weighted by atomic mass is 9.91. The molecule has 2 aromatic heterocycles. The van der Waals surface area contributed by atoms with Gasteiger partial charge in [-0.25, -0.2) is 9.37 Å². The van der Waals surface area contributed by atoms with Crippen LogP contribution < -0.4 is 11.3 Å². The lowest BCUT2D eigenvalue weighted by Crippen LogP contribution is -2.19. The van der Waals surface area contributed by atoms with Crippen LogP contribution in [-0.2, 0) is 7.05 Å². The predicted octanol–water partition coefficient (Wildman–Crippen LogP) is 2.63. The summed E-state index contributed by atoms with van der Waals surface area (Å²) in [6, 6.07) is 9.14. The monoisotopic (exact) mass is 322 g/mol. The first-order valence-corrected chi connectivity index (χ1v) is 7.39. The molecule has 0 radical (unpaired) electrons. The molecule has 6 heteroatoms. The van der Waals surface area contributed by atoms with Crippen molar-refractivity contribution in [3.05, 3.63) is 64.0 Å². The molecule has 0 aliphatic carbocycles. The molecule has 1 aromatic carbocycles. The zero-order chi connectivity index (χ0) is 17.4. The van der Waals surface area contributed by atoms with Crippen LogP contribution in [0.15, 0.2) is 41.3 Å². The molecule has 1 atom stereocenters. The number of fused-ring (bicyclic) bond motifs is 1. The Morgan fingerprint density at radius 2 is 1.96 bits per heavy atom. The zero-order valence-electron chi connectivity index (χ0n) is 13.2. The van der Waals surface area contributed by atoms with Gasteiger partial charge in [0.2, 0.25) is 0 Å². The van der Waals surface area contributed by atoms with E-state index in [0.717, 1.165) is 0 Å². The summed E-state index contributed by atoms with van der Waals surface area (Å²) >= 11 is 0. The molecule has 120 valence electrons. The number of aryl methyl sites for hydroxylation is 1. The van der Waals surface area contributed by atoms with Crippen LogP contribution in [0.4, 0.5) is 4.39 Å². The van der Waals surface area contributed by atoms with Crippen molar-refractivity contribution in [2.24, 2.45) is 12.8 Å². The van der Waals surface area contributed by atoms with E-state index in [2.05, 4.69) is 4.98 Å². The second-order valence-corrected chi connectivity index (χ2v) is 5.65. The minimum atomic E-state index is -0.435. The zero-order valence-corrected chi connectivity index (χ0v) is 13.2. The summed E-state index contributed by atoms with van der Waals surface area (Å²) in [4.78, 5) is 16.6. The second kappa shape index (κ2) is 5.87. The van der Waals surface area contributed by atoms with E-state index < -0.39 is 6.04 Å². The van der Waals surface area contributed by atoms with Crippen molar-refractivity contribution in [3.8, 4) is 17.2 Å². The summed E-state index contributed by atoms with van der Waals surface area (Å²) < 4.78 is 14.6. The molecular formula is C18H15FN4O. The molecule has 2 N–H and O–H groups in total. The van der Waals surface area contributed by atoms with Crippen molar-refractivity contribution in [2.45, 2.75) is 13.0 Å². The van der Waals surface area contributed by atoms with Gasteiger partial charge in [0.15, 0.2) is 0 Å². The summed E-state index contributed by atoms with van der Waals surface area (Å²) in [5.74, 6) is -0.373. The van der Waals surface area contributed by atoms with Gasteiger partial charge in [-0.1, -0.05) is 12.1 Å². The third-order valence-corrected chi connectivity index (χ3v) is 3.96. The van der Waals surface area contributed by atoms with Crippen LogP contribution in [0.3, 0.4) is 0 Å². The van der Waals surface area contributed by atoms with E-state index in [4.69, 9.17) is 5.73 Å². The third-order valence-electron chi connectivity index (χ3n) is 3.96. The van der Waals surface area contributed by atoms with Gasteiger partial charge >= 0.3 is 0 Å². The van der Waals surface area contributed by atoms with Gasteiger partial charge in [-0.2, -0.15) is 5.26 Å². The first-order valence-electron chi connectivity index (χ1n) is 7.39. The van der Waals surface area contributed by atoms with E-state index in [1.807, 2.05) is 6.07 Å². The van der Waals surface area contributed by atoms with Gasteiger partial charge in [0.05, 0.1) is 0 Å². The SMILES string of the molecule is CC(N)c1c(-c2ccc(F)cc2)c(C#N)nc2c(=O)n(C)ccc12. The number of nitriles is 1. The highest BCUT2D eigenvalue weighted by atomic mass is 19.1. The van der Waals surface area contributed by atoms with Crippen LogP contribution in [0.2, 0.25) is 0 Å². The molecule has 0 saturated heterocycles. The Bertz CT molecular complexity index is 1030. The van der Waals surface area contributed by atoms with Gasteiger partial charge in [0.1, 0.15) is 23.1 Å². The highest BCUT2D eigenvalue weighted by Gasteiger charge is 2.21. The van der Waals surface area contributed by atoms with E-state index in [0.29, 0.717) is 22.1 Å². The van der Waals surface area contributed by atoms with Gasteiger partial charge in [-0.3, -0.25) is 4.79 Å². The second-order valence-electron chi connectivity index (χ2n) is 5.65. The van der Waals surface area contributed by atoms with Crippen molar-refractivity contribution in [1.29, 1.82) is 5.26 Å². The molecule has 0 aliphatic heterocycles. The maximum atomic E-state index is 13.2. The number of rotatable bonds is 2. The molecular weight excluding hydrogens is 307 g/mol. The molecule has 0 saturated carbocycles. The first kappa shape index (κ1) is 15.8. The maximum Gasteiger partial charge on any atom is 0.276 e. The van der Waals surface area contributed by atoms with Crippen molar-refractivity contribution >= 4 is 10.9 Å². The van der Waals surface area contributed by atoms with Crippen LogP contribution in [0.25, 0.3) is 22.0 Å². The van der Waals surface area contributed by atoms with E-state index >= 15 is 0 Å². The number of hydrogen-bond donors (Lipinski definition) is 1. The van der Waals surface area contributed by atoms with Gasteiger partial charge in [-0.15, -0.1) is 0 Å². The van der Waals surface area contributed by atoms with Crippen molar-refractivity contribution < 1.29 is 4.39 Å². The van der Waals surface area contributed by atoms with Crippen molar-refractivity contribution in [3.63, 3.8) is 0 Å². The minimum Gasteiger partial charge on any atom is -0.324 e. The van der Waals surface area contributed by atoms with Crippen LogP contribution in [-0.4, -0.2) is 9.55 Å². The number of nitrogens with zero attached hydrogens (tertiary/aromatic N) is 3. The number of hydrogen-bond acceptors (Lipinski definition) is 4. The highest BCUT2D eigenvalue weighted by Crippen LogP contribution is 2.34. The van der Waals surface area contributed by atoms with E-state index in [-0.39, 0.29) is 22.6 Å². The lowest BCUT2D eigenvalue weighted by Gasteiger charge is -2.17. The Hall–Kier alpha value is -3.04. The Kier molecular flexibility index (Phi) is 3.87. The molecule has 0 aliphatic rings. The summed E-state index contributed by atoms with van der Waals surface area (Å²) in [7, 11) is 1.62. The average molecular weight is 322 g/mol. The largest absolute Gasteiger partial charge is 0.324 e. The molecule has 2 heterocycles. The van der Waals surface area contributed by atoms with Gasteiger partial charge in [0.25, 0.3) is 5.56 Å². The van der Waals surface area contributed by atoms with E-state index in [1.54, 1.807) is 38.4 Å². The fourth-order valence-electron chi connectivity index (χ4n) is 2.83. The maximum absolute atomic E-state index is 13.2. The Morgan fingerprint density at radius 1 is 1.29 bits per heavy atom. The van der Waals surface area contributed by atoms with Gasteiger partial charge in [-0.05, 0) is 36.2 Å². The van der Waals surface area contributed by atoms with Crippen LogP contribution in [0.1, 0.15) is 24.2 Å². The summed E-state index contributed by atoms with van der Waals surface area (Å²) in [6.07, 6.45) is 1.64. The number of pyridine rings is 2. The Balaban J connectivity index is 2.51. The van der Waals surface area contributed by atoms with E-state index in [9.17, 15) is 14.4 Å². The van der Waals surface area contributed by atoms with Gasteiger partial charge < -0.3 is 10.3 Å². The summed E-state index contributed by atoms with van der Waals surface area (Å²) in [5.41, 5.74) is 7.97. The van der Waals surface area contributed by atoms with Gasteiger partial charge in [0, 0.05) is 30.2 Å². The van der Waals surface area contributed by atoms with Crippen molar-refractivity contribution in [2.75, 3.05) is 0 Å². The number of nitrogens with two attached hydrogens (primary N) is 1. The molecule has 0 amide bonds. The molecule has 3 rings (SSSR count). The smallest absolute Gasteiger partial charge is 0.276 e. The number of halogens is 1. The average Bonchev–Trinajstić information content (AvgIpc) is 2.57. The number of aromatic nitrogens is 2. The van der Waals surface area contributed by atoms with Crippen LogP contribution in [0.5, 0.6) is 0 Å². The topological polar surface area (TPSA) is 84.7 Å². The standard InChI is InChI=1S/C18H15FN4O/c1-10(21)15-13-7-8-23(2)18(24)17(13)22-14(9-20)16(15)11-3-5-12(19)6-4-11/h3-8,10H,21H2,1-2H3. The molecule has 0 bridgehead atoms. The Labute approximate surface area is 137 Å². The third kappa shape index (κ3) is 2.45. The van der Waals surface area contributed by atoms with Crippen LogP contribution >= 0.6 is 0 Å². The lowest BCUT2D eigenvalue weighted by molar-refractivity contribution is 0.628. The predicted molar refractivity (Wildman–Crippen MR) is 89.7 cm³/mol. The molecule has 0 spiro atoms. The first-order chi connectivity index (χ1) is 11.4. The minimum absolute atomic E-state index is 0.102. The normalized spacial score (nSPS) is 12.1. The van der Waals surface area contributed by atoms with Crippen molar-refractivity contribution in [1.82, 2.24) is 9.55 Å². The summed E-state index contributed by atoms with van der Waals surface area (Å²) in [5, 5.41) is 10.1. The molecule has 24 heavy (non-hydrogen) atoms. The quantitative estimate of drug-likeness (QED) is 0.786. The van der Waals surface area contributed by atoms with E-state index in [1.165, 1.54) is 16.7 Å². The summed E-state index contributed by atoms with van der Waals surface area (Å²) in [6.45, 7) is 1.78. The fraction of sp³-hybridized carbons (Fsp3) is 0.167. The molecule has 1 unspecified atom stereocenters. The Morgan fingerprint density at radius 3 is 2.54 bits per heavy atom. The molecule has 0 fully saturated rings. The number of benzene rings is 1.